The number of fused-ring (bicyclic) bond motifs is 2. The van der Waals surface area contributed by atoms with Crippen LogP contribution in [-0.4, -0.2) is 55.4 Å². The number of aliphatic carboxylic acids is 1. The third-order valence-corrected chi connectivity index (χ3v) is 9.91. The molecule has 0 heterocycles. The van der Waals surface area contributed by atoms with Crippen LogP contribution in [0.5, 0.6) is 11.5 Å². The van der Waals surface area contributed by atoms with E-state index < -0.39 is 29.4 Å². The first-order chi connectivity index (χ1) is 19.1. The number of halogens is 1. The maximum absolute atomic E-state index is 13.6. The third-order valence-electron chi connectivity index (χ3n) is 9.91. The number of nitrogens with one attached hydrogen (secondary N) is 2. The molecule has 9 nitrogen and oxygen atoms in total. The van der Waals surface area contributed by atoms with Gasteiger partial charge in [-0.05, 0) is 82.6 Å². The highest BCUT2D eigenvalue weighted by molar-refractivity contribution is 5.98. The number of carboxylic acid groups (broad SMARTS) is 1. The fourth-order valence-corrected chi connectivity index (χ4v) is 6.86. The molecule has 4 saturated carbocycles. The van der Waals surface area contributed by atoms with E-state index in [1.807, 2.05) is 0 Å². The van der Waals surface area contributed by atoms with Gasteiger partial charge < -0.3 is 25.2 Å². The fourth-order valence-electron chi connectivity index (χ4n) is 6.86. The van der Waals surface area contributed by atoms with E-state index in [0.717, 1.165) is 32.1 Å². The highest BCUT2D eigenvalue weighted by Crippen LogP contribution is 2.50. The van der Waals surface area contributed by atoms with Gasteiger partial charge in [0.25, 0.3) is 5.91 Å². The summed E-state index contributed by atoms with van der Waals surface area (Å²) < 4.78 is 25.0. The number of carbonyl (C=O) groups is 3. The molecule has 4 aliphatic carbocycles. The summed E-state index contributed by atoms with van der Waals surface area (Å²) in [5, 5.41) is 25.3. The molecule has 4 atom stereocenters. The Morgan fingerprint density at radius 1 is 1.10 bits per heavy atom. The first-order valence-corrected chi connectivity index (χ1v) is 14.3. The highest BCUT2D eigenvalue weighted by atomic mass is 19.1. The van der Waals surface area contributed by atoms with Crippen molar-refractivity contribution in [1.82, 2.24) is 10.6 Å². The number of carboxylic acids is 1. The van der Waals surface area contributed by atoms with E-state index in [1.165, 1.54) is 19.2 Å². The van der Waals surface area contributed by atoms with E-state index in [9.17, 15) is 29.1 Å². The molecule has 0 radical (unpaired) electrons. The predicted molar refractivity (Wildman–Crippen MR) is 143 cm³/mol. The molecule has 2 bridgehead atoms. The number of nitrogens with zero attached hydrogens (tertiary/aromatic N) is 1. The molecule has 2 amide bonds. The molecular formula is C30H38FN3O6. The van der Waals surface area contributed by atoms with Crippen molar-refractivity contribution in [1.29, 1.82) is 5.26 Å². The van der Waals surface area contributed by atoms with Crippen LogP contribution < -0.4 is 20.1 Å². The van der Waals surface area contributed by atoms with E-state index in [1.54, 1.807) is 6.92 Å². The molecule has 0 aliphatic heterocycles. The Kier molecular flexibility index (Phi) is 7.68. The van der Waals surface area contributed by atoms with Gasteiger partial charge in [-0.2, -0.15) is 5.26 Å². The van der Waals surface area contributed by atoms with Gasteiger partial charge in [0.05, 0.1) is 42.3 Å². The summed E-state index contributed by atoms with van der Waals surface area (Å²) in [7, 11) is 1.42. The van der Waals surface area contributed by atoms with E-state index in [-0.39, 0.29) is 58.4 Å². The number of rotatable bonds is 10. The van der Waals surface area contributed by atoms with Crippen molar-refractivity contribution in [2.24, 2.45) is 28.6 Å². The van der Waals surface area contributed by atoms with E-state index in [4.69, 9.17) is 9.47 Å². The summed E-state index contributed by atoms with van der Waals surface area (Å²) in [5.41, 5.74) is -0.779. The van der Waals surface area contributed by atoms with Crippen LogP contribution in [0.2, 0.25) is 0 Å². The number of nitriles is 1. The average molecular weight is 556 g/mol. The van der Waals surface area contributed by atoms with Crippen LogP contribution in [0.1, 0.15) is 80.6 Å². The summed E-state index contributed by atoms with van der Waals surface area (Å²) in [6, 6.07) is 4.75. The largest absolute Gasteiger partial charge is 0.496 e. The molecule has 5 rings (SSSR count). The van der Waals surface area contributed by atoms with Crippen molar-refractivity contribution < 1.29 is 33.4 Å². The summed E-state index contributed by atoms with van der Waals surface area (Å²) in [6.07, 6.45) is 5.98. The Morgan fingerprint density at radius 3 is 2.40 bits per heavy atom. The van der Waals surface area contributed by atoms with Crippen LogP contribution >= 0.6 is 0 Å². The second kappa shape index (κ2) is 10.9. The van der Waals surface area contributed by atoms with Crippen molar-refractivity contribution in [3.63, 3.8) is 0 Å². The number of hydrogen-bond donors (Lipinski definition) is 3. The van der Waals surface area contributed by atoms with E-state index in [2.05, 4.69) is 16.7 Å². The smallest absolute Gasteiger partial charge is 0.309 e. The molecule has 1 aromatic rings. The number of methoxy groups -OCH3 is 1. The minimum atomic E-state index is -0.825. The molecule has 1 aromatic carbocycles. The zero-order chi connectivity index (χ0) is 28.7. The summed E-state index contributed by atoms with van der Waals surface area (Å²) in [6.45, 7) is 1.62. The number of alkyl halides is 1. The van der Waals surface area contributed by atoms with Gasteiger partial charge in [-0.25, -0.2) is 0 Å². The molecule has 0 spiro atoms. The Morgan fingerprint density at radius 2 is 1.80 bits per heavy atom. The molecule has 0 aromatic heterocycles. The SMILES string of the molecule is COc1cc(C#N)c(O[C@H]2CC[C@@](C)(C(=O)O)CC2)cc1C(=O)N[C@@H]1[C@H]2CC[C@H](C2)[C@@H]1C(=O)NCC1(CF)CC1. The maximum atomic E-state index is 13.6. The molecule has 40 heavy (non-hydrogen) atoms. The first kappa shape index (κ1) is 28.2. The average Bonchev–Trinajstić information content (AvgIpc) is 3.46. The van der Waals surface area contributed by atoms with Gasteiger partial charge in [-0.3, -0.25) is 18.8 Å². The number of carbonyl (C=O) groups excluding carboxylic acids is 2. The topological polar surface area (TPSA) is 138 Å². The van der Waals surface area contributed by atoms with Crippen LogP contribution in [0.15, 0.2) is 12.1 Å². The lowest BCUT2D eigenvalue weighted by atomic mass is 9.75. The van der Waals surface area contributed by atoms with Crippen LogP contribution in [0.3, 0.4) is 0 Å². The number of amides is 2. The second-order valence-corrected chi connectivity index (χ2v) is 12.6. The molecule has 4 fully saturated rings. The zero-order valence-corrected chi connectivity index (χ0v) is 23.1. The zero-order valence-electron chi connectivity index (χ0n) is 23.1. The van der Waals surface area contributed by atoms with Crippen LogP contribution in [0.4, 0.5) is 4.39 Å². The van der Waals surface area contributed by atoms with E-state index in [0.29, 0.717) is 32.2 Å². The van der Waals surface area contributed by atoms with Crippen molar-refractivity contribution in [2.45, 2.75) is 76.9 Å². The Hall–Kier alpha value is -3.35. The van der Waals surface area contributed by atoms with Crippen molar-refractivity contribution in [3.8, 4) is 17.6 Å². The lowest BCUT2D eigenvalue weighted by Crippen LogP contribution is -2.50. The Labute approximate surface area is 233 Å². The number of hydrogen-bond acceptors (Lipinski definition) is 6. The minimum absolute atomic E-state index is 0.126. The van der Waals surface area contributed by atoms with Crippen molar-refractivity contribution in [3.05, 3.63) is 23.3 Å². The summed E-state index contributed by atoms with van der Waals surface area (Å²) in [4.78, 5) is 38.4. The van der Waals surface area contributed by atoms with Gasteiger partial charge in [-0.15, -0.1) is 0 Å². The maximum Gasteiger partial charge on any atom is 0.309 e. The molecule has 0 saturated heterocycles. The van der Waals surface area contributed by atoms with Gasteiger partial charge >= 0.3 is 5.97 Å². The van der Waals surface area contributed by atoms with Crippen LogP contribution in [0, 0.1) is 39.9 Å². The van der Waals surface area contributed by atoms with Crippen LogP contribution in [0.25, 0.3) is 0 Å². The Bertz CT molecular complexity index is 1220. The van der Waals surface area contributed by atoms with Crippen LogP contribution in [-0.2, 0) is 9.59 Å². The van der Waals surface area contributed by atoms with Gasteiger partial charge in [0.1, 0.15) is 17.6 Å². The lowest BCUT2D eigenvalue weighted by Gasteiger charge is -2.34. The van der Waals surface area contributed by atoms with Gasteiger partial charge in [0, 0.05) is 24.1 Å². The highest BCUT2D eigenvalue weighted by Gasteiger charge is 2.52. The molecule has 10 heteroatoms. The van der Waals surface area contributed by atoms with Gasteiger partial charge in [0.2, 0.25) is 5.91 Å². The fraction of sp³-hybridized carbons (Fsp3) is 0.667. The minimum Gasteiger partial charge on any atom is -0.496 e. The Balaban J connectivity index is 1.31. The van der Waals surface area contributed by atoms with E-state index >= 15 is 0 Å². The summed E-state index contributed by atoms with van der Waals surface area (Å²) >= 11 is 0. The van der Waals surface area contributed by atoms with Gasteiger partial charge in [0.15, 0.2) is 0 Å². The molecule has 0 unspecified atom stereocenters. The standard InChI is InChI=1S/C30H38FN3O6/c1-29(28(37)38)7-5-20(6-8-29)40-22-13-21(23(39-2)12-19(22)14-32)26(35)34-25-18-4-3-17(11-18)24(25)27(36)33-16-30(15-31)9-10-30/h12-13,17-18,20,24-25H,3-11,15-16H2,1-2H3,(H,33,36)(H,34,35)(H,37,38)/t17-,18+,20-,24+,25-,29+/m1/s1. The molecule has 4 aliphatic rings. The number of ether oxygens (including phenoxy) is 2. The molecule has 216 valence electrons. The monoisotopic (exact) mass is 555 g/mol. The predicted octanol–water partition coefficient (Wildman–Crippen LogP) is 3.99. The quantitative estimate of drug-likeness (QED) is 0.397. The molecule has 3 N–H and O–H groups in total. The first-order valence-electron chi connectivity index (χ1n) is 14.3. The second-order valence-electron chi connectivity index (χ2n) is 12.6. The third kappa shape index (κ3) is 5.35. The lowest BCUT2D eigenvalue weighted by molar-refractivity contribution is -0.150. The van der Waals surface area contributed by atoms with Crippen molar-refractivity contribution in [2.75, 3.05) is 20.3 Å². The van der Waals surface area contributed by atoms with Crippen molar-refractivity contribution >= 4 is 17.8 Å². The normalized spacial score (nSPS) is 31.6. The van der Waals surface area contributed by atoms with Gasteiger partial charge in [-0.1, -0.05) is 0 Å². The number of benzene rings is 1. The summed E-state index contributed by atoms with van der Waals surface area (Å²) in [5.74, 6) is -0.887. The molecular weight excluding hydrogens is 517 g/mol.